The van der Waals surface area contributed by atoms with Crippen LogP contribution in [0.15, 0.2) is 0 Å². The van der Waals surface area contributed by atoms with Gasteiger partial charge in [0.05, 0.1) is 19.6 Å². The largest absolute Gasteiger partial charge is 0.420 e. The van der Waals surface area contributed by atoms with E-state index in [2.05, 4.69) is 4.74 Å². The molecule has 0 aromatic carbocycles. The third-order valence-electron chi connectivity index (χ3n) is 2.33. The molecule has 14 heavy (non-hydrogen) atoms. The second-order valence-corrected chi connectivity index (χ2v) is 3.15. The summed E-state index contributed by atoms with van der Waals surface area (Å²) in [6.45, 7) is -1.22. The first-order chi connectivity index (χ1) is 6.36. The number of hydrogen-bond acceptors (Lipinski definition) is 3. The maximum absolute atomic E-state index is 12.4. The van der Waals surface area contributed by atoms with E-state index in [0.717, 1.165) is 12.0 Å². The lowest BCUT2D eigenvalue weighted by atomic mass is 9.93. The van der Waals surface area contributed by atoms with Crippen molar-refractivity contribution >= 4 is 5.91 Å². The van der Waals surface area contributed by atoms with Gasteiger partial charge >= 0.3 is 6.18 Å². The second-order valence-electron chi connectivity index (χ2n) is 3.15. The summed E-state index contributed by atoms with van der Waals surface area (Å²) in [5.74, 6) is -0.498. The van der Waals surface area contributed by atoms with Crippen LogP contribution in [-0.2, 0) is 9.53 Å². The molecule has 1 fully saturated rings. The third-order valence-corrected chi connectivity index (χ3v) is 2.33. The summed E-state index contributed by atoms with van der Waals surface area (Å²) in [4.78, 5) is 11.9. The van der Waals surface area contributed by atoms with E-state index >= 15 is 0 Å². The normalized spacial score (nSPS) is 20.5. The highest BCUT2D eigenvalue weighted by Gasteiger charge is 2.63. The van der Waals surface area contributed by atoms with E-state index < -0.39 is 30.8 Å². The standard InChI is InChI=1S/C7H11F3N2O2/c1-14-6(7(8,9)10)3-12(4-6)5(13)2-11/h2-4,11H2,1H3. The van der Waals surface area contributed by atoms with Crippen molar-refractivity contribution in [3.63, 3.8) is 0 Å². The van der Waals surface area contributed by atoms with Crippen molar-refractivity contribution in [1.82, 2.24) is 4.90 Å². The summed E-state index contributed by atoms with van der Waals surface area (Å²) >= 11 is 0. The zero-order valence-corrected chi connectivity index (χ0v) is 7.60. The van der Waals surface area contributed by atoms with Crippen LogP contribution < -0.4 is 5.73 Å². The Labute approximate surface area is 78.8 Å². The quantitative estimate of drug-likeness (QED) is 0.685. The predicted octanol–water partition coefficient (Wildman–Crippen LogP) is -0.265. The zero-order chi connectivity index (χ0) is 11.0. The van der Waals surface area contributed by atoms with Crippen LogP contribution in [0.3, 0.4) is 0 Å². The van der Waals surface area contributed by atoms with Gasteiger partial charge in [-0.3, -0.25) is 4.79 Å². The summed E-state index contributed by atoms with van der Waals surface area (Å²) in [5, 5.41) is 0. The molecule has 1 heterocycles. The molecule has 0 unspecified atom stereocenters. The fourth-order valence-corrected chi connectivity index (χ4v) is 1.30. The fraction of sp³-hybridized carbons (Fsp3) is 0.857. The number of amides is 1. The number of carbonyl (C=O) groups excluding carboxylic acids is 1. The molecule has 0 radical (unpaired) electrons. The van der Waals surface area contributed by atoms with Crippen LogP contribution in [0.5, 0.6) is 0 Å². The topological polar surface area (TPSA) is 55.6 Å². The van der Waals surface area contributed by atoms with Gasteiger partial charge in [-0.1, -0.05) is 0 Å². The van der Waals surface area contributed by atoms with Gasteiger partial charge in [0.25, 0.3) is 0 Å². The SMILES string of the molecule is COC1(C(F)(F)F)CN(C(=O)CN)C1. The number of carbonyl (C=O) groups is 1. The molecule has 0 aromatic rings. The minimum absolute atomic E-state index is 0.280. The van der Waals surface area contributed by atoms with Crippen molar-refractivity contribution in [3.05, 3.63) is 0 Å². The monoisotopic (exact) mass is 212 g/mol. The number of methoxy groups -OCH3 is 1. The second kappa shape index (κ2) is 3.39. The van der Waals surface area contributed by atoms with Crippen LogP contribution in [0.4, 0.5) is 13.2 Å². The number of nitrogens with two attached hydrogens (primary N) is 1. The summed E-state index contributed by atoms with van der Waals surface area (Å²) in [6.07, 6.45) is -4.45. The maximum atomic E-state index is 12.4. The number of hydrogen-bond donors (Lipinski definition) is 1. The molecule has 1 aliphatic rings. The van der Waals surface area contributed by atoms with Crippen LogP contribution in [0.25, 0.3) is 0 Å². The number of ether oxygens (including phenoxy) is 1. The van der Waals surface area contributed by atoms with Crippen molar-refractivity contribution in [1.29, 1.82) is 0 Å². The molecule has 1 amide bonds. The Morgan fingerprint density at radius 1 is 1.57 bits per heavy atom. The van der Waals surface area contributed by atoms with Crippen molar-refractivity contribution in [3.8, 4) is 0 Å². The average Bonchev–Trinajstić information content (AvgIpc) is 2.00. The van der Waals surface area contributed by atoms with E-state index in [1.807, 2.05) is 0 Å². The first-order valence-corrected chi connectivity index (χ1v) is 3.96. The lowest BCUT2D eigenvalue weighted by molar-refractivity contribution is -0.306. The highest BCUT2D eigenvalue weighted by atomic mass is 19.4. The van der Waals surface area contributed by atoms with Crippen LogP contribution >= 0.6 is 0 Å². The van der Waals surface area contributed by atoms with E-state index in [1.165, 1.54) is 0 Å². The van der Waals surface area contributed by atoms with Gasteiger partial charge in [-0.2, -0.15) is 13.2 Å². The van der Waals surface area contributed by atoms with E-state index in [0.29, 0.717) is 0 Å². The molecule has 0 bridgehead atoms. The van der Waals surface area contributed by atoms with Crippen LogP contribution in [0.2, 0.25) is 0 Å². The van der Waals surface area contributed by atoms with Crippen LogP contribution in [0, 0.1) is 0 Å². The zero-order valence-electron chi connectivity index (χ0n) is 7.60. The van der Waals surface area contributed by atoms with Gasteiger partial charge < -0.3 is 15.4 Å². The molecule has 2 N–H and O–H groups in total. The van der Waals surface area contributed by atoms with Gasteiger partial charge in [0.15, 0.2) is 5.60 Å². The highest BCUT2D eigenvalue weighted by Crippen LogP contribution is 2.40. The van der Waals surface area contributed by atoms with Gasteiger partial charge in [0.1, 0.15) is 0 Å². The van der Waals surface area contributed by atoms with Crippen LogP contribution in [-0.4, -0.2) is 49.3 Å². The predicted molar refractivity (Wildman–Crippen MR) is 41.4 cm³/mol. The Morgan fingerprint density at radius 2 is 2.07 bits per heavy atom. The number of likely N-dealkylation sites (tertiary alicyclic amines) is 1. The summed E-state index contributed by atoms with van der Waals surface area (Å²) in [7, 11) is 0.984. The molecule has 1 saturated heterocycles. The van der Waals surface area contributed by atoms with Gasteiger partial charge in [-0.25, -0.2) is 0 Å². The molecule has 0 aliphatic carbocycles. The van der Waals surface area contributed by atoms with Crippen molar-refractivity contribution < 1.29 is 22.7 Å². The Bertz CT molecular complexity index is 236. The number of halogens is 3. The van der Waals surface area contributed by atoms with E-state index in [-0.39, 0.29) is 6.54 Å². The van der Waals surface area contributed by atoms with Crippen molar-refractivity contribution in [2.75, 3.05) is 26.7 Å². The fourth-order valence-electron chi connectivity index (χ4n) is 1.30. The van der Waals surface area contributed by atoms with E-state index in [9.17, 15) is 18.0 Å². The minimum Gasteiger partial charge on any atom is -0.365 e. The highest BCUT2D eigenvalue weighted by molar-refractivity contribution is 5.79. The number of nitrogens with zero attached hydrogens (tertiary/aromatic N) is 1. The van der Waals surface area contributed by atoms with Gasteiger partial charge in [0.2, 0.25) is 5.91 Å². The Balaban J connectivity index is 2.62. The molecule has 4 nitrogen and oxygen atoms in total. The molecule has 7 heteroatoms. The number of alkyl halides is 3. The lowest BCUT2D eigenvalue weighted by Crippen LogP contribution is -2.71. The molecular weight excluding hydrogens is 201 g/mol. The summed E-state index contributed by atoms with van der Waals surface area (Å²) < 4.78 is 41.6. The average molecular weight is 212 g/mol. The van der Waals surface area contributed by atoms with Crippen molar-refractivity contribution in [2.24, 2.45) is 5.73 Å². The molecular formula is C7H11F3N2O2. The van der Waals surface area contributed by atoms with Gasteiger partial charge in [0, 0.05) is 7.11 Å². The Hall–Kier alpha value is -0.820. The molecule has 0 spiro atoms. The first kappa shape index (κ1) is 11.3. The summed E-state index contributed by atoms with van der Waals surface area (Å²) in [5.41, 5.74) is 2.81. The molecule has 0 saturated carbocycles. The minimum atomic E-state index is -4.45. The first-order valence-electron chi connectivity index (χ1n) is 3.96. The molecule has 82 valence electrons. The molecule has 0 aromatic heterocycles. The van der Waals surface area contributed by atoms with E-state index in [4.69, 9.17) is 5.73 Å². The summed E-state index contributed by atoms with van der Waals surface area (Å²) in [6, 6.07) is 0. The maximum Gasteiger partial charge on any atom is 0.420 e. The number of rotatable bonds is 2. The third kappa shape index (κ3) is 1.57. The smallest absolute Gasteiger partial charge is 0.365 e. The van der Waals surface area contributed by atoms with Gasteiger partial charge in [-0.05, 0) is 0 Å². The molecule has 1 rings (SSSR count). The lowest BCUT2D eigenvalue weighted by Gasteiger charge is -2.49. The molecule has 0 atom stereocenters. The molecule has 1 aliphatic heterocycles. The Kier molecular flexibility index (Phi) is 2.73. The van der Waals surface area contributed by atoms with E-state index in [1.54, 1.807) is 0 Å². The van der Waals surface area contributed by atoms with Crippen LogP contribution in [0.1, 0.15) is 0 Å². The Morgan fingerprint density at radius 3 is 2.36 bits per heavy atom. The van der Waals surface area contributed by atoms with Crippen molar-refractivity contribution in [2.45, 2.75) is 11.8 Å². The van der Waals surface area contributed by atoms with Gasteiger partial charge in [-0.15, -0.1) is 0 Å².